The van der Waals surface area contributed by atoms with Gasteiger partial charge in [-0.3, -0.25) is 4.79 Å². The molecular formula is C14H20N4O2. The molecule has 2 unspecified atom stereocenters. The number of hydrogen-bond donors (Lipinski definition) is 4. The molecule has 3 amide bonds. The Morgan fingerprint density at radius 3 is 2.20 bits per heavy atom. The van der Waals surface area contributed by atoms with Crippen LogP contribution in [0.2, 0.25) is 0 Å². The summed E-state index contributed by atoms with van der Waals surface area (Å²) in [5.74, 6) is 0.400. The molecule has 1 aromatic rings. The van der Waals surface area contributed by atoms with Gasteiger partial charge in [-0.25, -0.2) is 4.79 Å². The van der Waals surface area contributed by atoms with Crippen molar-refractivity contribution < 1.29 is 9.59 Å². The summed E-state index contributed by atoms with van der Waals surface area (Å²) in [5, 5.41) is 11.2. The van der Waals surface area contributed by atoms with Crippen LogP contribution in [0, 0.1) is 11.8 Å². The Labute approximate surface area is 118 Å². The Morgan fingerprint density at radius 2 is 1.70 bits per heavy atom. The van der Waals surface area contributed by atoms with Gasteiger partial charge in [0.25, 0.3) is 0 Å². The van der Waals surface area contributed by atoms with Gasteiger partial charge in [-0.1, -0.05) is 6.92 Å². The Kier molecular flexibility index (Phi) is 4.57. The third kappa shape index (κ3) is 3.48. The molecule has 1 aliphatic rings. The molecule has 0 aromatic heterocycles. The van der Waals surface area contributed by atoms with Crippen LogP contribution < -0.4 is 21.3 Å². The van der Waals surface area contributed by atoms with E-state index in [2.05, 4.69) is 28.2 Å². The van der Waals surface area contributed by atoms with Gasteiger partial charge in [0.2, 0.25) is 5.91 Å². The van der Waals surface area contributed by atoms with Crippen LogP contribution in [0.5, 0.6) is 0 Å². The maximum absolute atomic E-state index is 12.1. The zero-order valence-electron chi connectivity index (χ0n) is 11.7. The first-order valence-corrected chi connectivity index (χ1v) is 6.70. The summed E-state index contributed by atoms with van der Waals surface area (Å²) in [6.45, 7) is 3.68. The molecule has 2 atom stereocenters. The van der Waals surface area contributed by atoms with E-state index in [0.717, 1.165) is 18.8 Å². The van der Waals surface area contributed by atoms with Crippen LogP contribution in [0.4, 0.5) is 16.2 Å². The molecule has 108 valence electrons. The second kappa shape index (κ2) is 6.38. The number of nitrogens with one attached hydrogen (secondary N) is 4. The van der Waals surface area contributed by atoms with Crippen LogP contribution >= 0.6 is 0 Å². The van der Waals surface area contributed by atoms with Crippen LogP contribution in [-0.4, -0.2) is 32.1 Å². The highest BCUT2D eigenvalue weighted by Gasteiger charge is 2.29. The Hall–Kier alpha value is -2.08. The monoisotopic (exact) mass is 276 g/mol. The average Bonchev–Trinajstić information content (AvgIpc) is 2.87. The number of urea groups is 1. The highest BCUT2D eigenvalue weighted by molar-refractivity contribution is 5.94. The van der Waals surface area contributed by atoms with E-state index in [-0.39, 0.29) is 17.9 Å². The summed E-state index contributed by atoms with van der Waals surface area (Å²) in [5.41, 5.74) is 1.41. The fraction of sp³-hybridized carbons (Fsp3) is 0.429. The SMILES string of the molecule is CNC(=O)Nc1ccc(NC(=O)C2CNCC2C)cc1. The maximum atomic E-state index is 12.1. The van der Waals surface area contributed by atoms with E-state index in [0.29, 0.717) is 11.6 Å². The Morgan fingerprint density at radius 1 is 1.10 bits per heavy atom. The lowest BCUT2D eigenvalue weighted by atomic mass is 9.97. The molecular weight excluding hydrogens is 256 g/mol. The van der Waals surface area contributed by atoms with E-state index in [1.165, 1.54) is 0 Å². The van der Waals surface area contributed by atoms with E-state index in [4.69, 9.17) is 0 Å². The van der Waals surface area contributed by atoms with Gasteiger partial charge in [0.05, 0.1) is 5.92 Å². The van der Waals surface area contributed by atoms with E-state index < -0.39 is 0 Å². The third-order valence-electron chi connectivity index (χ3n) is 3.49. The topological polar surface area (TPSA) is 82.3 Å². The van der Waals surface area contributed by atoms with Gasteiger partial charge in [-0.05, 0) is 36.7 Å². The minimum absolute atomic E-state index is 0.0127. The molecule has 0 aliphatic carbocycles. The van der Waals surface area contributed by atoms with Gasteiger partial charge >= 0.3 is 6.03 Å². The van der Waals surface area contributed by atoms with Gasteiger partial charge in [0.1, 0.15) is 0 Å². The molecule has 20 heavy (non-hydrogen) atoms. The number of anilines is 2. The van der Waals surface area contributed by atoms with Crippen molar-refractivity contribution >= 4 is 23.3 Å². The van der Waals surface area contributed by atoms with Crippen LogP contribution in [0.15, 0.2) is 24.3 Å². The number of hydrogen-bond acceptors (Lipinski definition) is 3. The Balaban J connectivity index is 1.93. The van der Waals surface area contributed by atoms with E-state index in [9.17, 15) is 9.59 Å². The first-order chi connectivity index (χ1) is 9.60. The zero-order valence-corrected chi connectivity index (χ0v) is 11.7. The fourth-order valence-corrected chi connectivity index (χ4v) is 2.23. The van der Waals surface area contributed by atoms with E-state index >= 15 is 0 Å². The first kappa shape index (κ1) is 14.3. The predicted molar refractivity (Wildman–Crippen MR) is 78.7 cm³/mol. The second-order valence-corrected chi connectivity index (χ2v) is 5.01. The Bertz CT molecular complexity index is 486. The van der Waals surface area contributed by atoms with Crippen molar-refractivity contribution in [3.63, 3.8) is 0 Å². The molecule has 1 fully saturated rings. The lowest BCUT2D eigenvalue weighted by Gasteiger charge is -2.14. The predicted octanol–water partition coefficient (Wildman–Crippen LogP) is 1.23. The van der Waals surface area contributed by atoms with Gasteiger partial charge in [-0.2, -0.15) is 0 Å². The quantitative estimate of drug-likeness (QED) is 0.670. The lowest BCUT2D eigenvalue weighted by Crippen LogP contribution is -2.27. The molecule has 1 aromatic carbocycles. The van der Waals surface area contributed by atoms with Crippen LogP contribution in [0.3, 0.4) is 0 Å². The highest BCUT2D eigenvalue weighted by atomic mass is 16.2. The average molecular weight is 276 g/mol. The number of amides is 3. The van der Waals surface area contributed by atoms with Crippen molar-refractivity contribution in [1.82, 2.24) is 10.6 Å². The summed E-state index contributed by atoms with van der Waals surface area (Å²) in [7, 11) is 1.56. The van der Waals surface area contributed by atoms with Crippen molar-refractivity contribution in [3.8, 4) is 0 Å². The lowest BCUT2D eigenvalue weighted by molar-refractivity contribution is -0.120. The summed E-state index contributed by atoms with van der Waals surface area (Å²) < 4.78 is 0. The number of carbonyl (C=O) groups is 2. The van der Waals surface area contributed by atoms with Crippen LogP contribution in [-0.2, 0) is 4.79 Å². The van der Waals surface area contributed by atoms with Crippen LogP contribution in [0.1, 0.15) is 6.92 Å². The third-order valence-corrected chi connectivity index (χ3v) is 3.49. The molecule has 0 saturated carbocycles. The largest absolute Gasteiger partial charge is 0.341 e. The molecule has 0 bridgehead atoms. The van der Waals surface area contributed by atoms with Gasteiger partial charge in [0, 0.05) is 25.0 Å². The number of rotatable bonds is 3. The zero-order chi connectivity index (χ0) is 14.5. The molecule has 6 heteroatoms. The molecule has 1 saturated heterocycles. The maximum Gasteiger partial charge on any atom is 0.318 e. The molecule has 4 N–H and O–H groups in total. The molecule has 1 heterocycles. The first-order valence-electron chi connectivity index (χ1n) is 6.70. The number of benzene rings is 1. The van der Waals surface area contributed by atoms with Gasteiger partial charge in [0.15, 0.2) is 0 Å². The van der Waals surface area contributed by atoms with Crippen molar-refractivity contribution in [2.45, 2.75) is 6.92 Å². The van der Waals surface area contributed by atoms with Crippen LogP contribution in [0.25, 0.3) is 0 Å². The molecule has 6 nitrogen and oxygen atoms in total. The number of carbonyl (C=O) groups excluding carboxylic acids is 2. The molecule has 2 rings (SSSR count). The van der Waals surface area contributed by atoms with Crippen molar-refractivity contribution in [1.29, 1.82) is 0 Å². The summed E-state index contributed by atoms with van der Waals surface area (Å²) in [6, 6.07) is 6.78. The summed E-state index contributed by atoms with van der Waals surface area (Å²) in [4.78, 5) is 23.3. The summed E-state index contributed by atoms with van der Waals surface area (Å²) >= 11 is 0. The second-order valence-electron chi connectivity index (χ2n) is 5.01. The standard InChI is InChI=1S/C14H20N4O2/c1-9-7-16-8-12(9)13(19)17-10-3-5-11(6-4-10)18-14(20)15-2/h3-6,9,12,16H,7-8H2,1-2H3,(H,17,19)(H2,15,18,20). The minimum Gasteiger partial charge on any atom is -0.341 e. The normalized spacial score (nSPS) is 21.3. The highest BCUT2D eigenvalue weighted by Crippen LogP contribution is 2.19. The van der Waals surface area contributed by atoms with Gasteiger partial charge in [-0.15, -0.1) is 0 Å². The van der Waals surface area contributed by atoms with E-state index in [1.54, 1.807) is 31.3 Å². The van der Waals surface area contributed by atoms with Crippen molar-refractivity contribution in [2.75, 3.05) is 30.8 Å². The minimum atomic E-state index is -0.271. The molecule has 0 radical (unpaired) electrons. The van der Waals surface area contributed by atoms with E-state index in [1.807, 2.05) is 0 Å². The smallest absolute Gasteiger partial charge is 0.318 e. The van der Waals surface area contributed by atoms with Crippen molar-refractivity contribution in [2.24, 2.45) is 11.8 Å². The van der Waals surface area contributed by atoms with Crippen molar-refractivity contribution in [3.05, 3.63) is 24.3 Å². The fourth-order valence-electron chi connectivity index (χ4n) is 2.23. The molecule has 1 aliphatic heterocycles. The molecule has 0 spiro atoms. The summed E-state index contributed by atoms with van der Waals surface area (Å²) in [6.07, 6.45) is 0. The van der Waals surface area contributed by atoms with Gasteiger partial charge < -0.3 is 21.3 Å².